The summed E-state index contributed by atoms with van der Waals surface area (Å²) in [6.45, 7) is 0.980. The number of fused-ring (bicyclic) bond motifs is 3. The minimum absolute atomic E-state index is 0.00231. The number of hydrogen-bond acceptors (Lipinski definition) is 3. The van der Waals surface area contributed by atoms with Crippen molar-refractivity contribution >= 4 is 10.2 Å². The fourth-order valence-electron chi connectivity index (χ4n) is 2.57. The van der Waals surface area contributed by atoms with Crippen LogP contribution in [0.15, 0.2) is 0 Å². The highest BCUT2D eigenvalue weighted by molar-refractivity contribution is 7.86. The Labute approximate surface area is 77.9 Å². The zero-order valence-electron chi connectivity index (χ0n) is 7.37. The third-order valence-corrected chi connectivity index (χ3v) is 4.00. The lowest BCUT2D eigenvalue weighted by molar-refractivity contribution is 0.151. The Kier molecular flexibility index (Phi) is 2.32. The maximum absolute atomic E-state index is 12.4. The normalized spacial score (nSPS) is 39.3. The SMILES string of the molecule is O=S(=O)(F)CC1CC2CCC1NC2. The molecule has 1 N–H and O–H groups in total. The van der Waals surface area contributed by atoms with Crippen molar-refractivity contribution in [3.63, 3.8) is 0 Å². The third kappa shape index (κ3) is 2.20. The second-order valence-electron chi connectivity index (χ2n) is 4.16. The third-order valence-electron chi connectivity index (χ3n) is 3.17. The van der Waals surface area contributed by atoms with E-state index >= 15 is 0 Å². The molecular formula is C8H14FNO2S. The summed E-state index contributed by atoms with van der Waals surface area (Å²) >= 11 is 0. The van der Waals surface area contributed by atoms with E-state index in [1.807, 2.05) is 0 Å². The molecule has 3 nitrogen and oxygen atoms in total. The Morgan fingerprint density at radius 1 is 1.38 bits per heavy atom. The first-order valence-corrected chi connectivity index (χ1v) is 6.25. The molecule has 0 spiro atoms. The highest BCUT2D eigenvalue weighted by Gasteiger charge is 2.37. The van der Waals surface area contributed by atoms with Crippen LogP contribution in [0.25, 0.3) is 0 Å². The molecule has 13 heavy (non-hydrogen) atoms. The minimum Gasteiger partial charge on any atom is -0.313 e. The van der Waals surface area contributed by atoms with Crippen molar-refractivity contribution in [1.82, 2.24) is 5.32 Å². The second-order valence-corrected chi connectivity index (χ2v) is 5.57. The Morgan fingerprint density at radius 3 is 2.54 bits per heavy atom. The van der Waals surface area contributed by atoms with Gasteiger partial charge in [-0.15, -0.1) is 3.89 Å². The van der Waals surface area contributed by atoms with E-state index in [9.17, 15) is 12.3 Å². The van der Waals surface area contributed by atoms with Crippen molar-refractivity contribution in [2.75, 3.05) is 12.3 Å². The molecule has 3 atom stereocenters. The standard InChI is InChI=1S/C8H14FNO2S/c9-13(11,12)5-7-3-6-1-2-8(7)10-4-6/h6-8,10H,1-5H2. The molecule has 2 bridgehead atoms. The van der Waals surface area contributed by atoms with Crippen molar-refractivity contribution in [3.05, 3.63) is 0 Å². The average molecular weight is 207 g/mol. The lowest BCUT2D eigenvalue weighted by Crippen LogP contribution is -2.51. The van der Waals surface area contributed by atoms with Gasteiger partial charge in [-0.2, -0.15) is 8.42 Å². The van der Waals surface area contributed by atoms with E-state index in [-0.39, 0.29) is 17.7 Å². The fourth-order valence-corrected chi connectivity index (χ4v) is 3.45. The van der Waals surface area contributed by atoms with Gasteiger partial charge in [-0.25, -0.2) is 0 Å². The molecule has 0 radical (unpaired) electrons. The van der Waals surface area contributed by atoms with E-state index in [0.717, 1.165) is 19.4 Å². The van der Waals surface area contributed by atoms with Crippen LogP contribution < -0.4 is 5.32 Å². The number of nitrogens with one attached hydrogen (secondary N) is 1. The zero-order chi connectivity index (χ0) is 9.47. The maximum Gasteiger partial charge on any atom is 0.302 e. The largest absolute Gasteiger partial charge is 0.313 e. The van der Waals surface area contributed by atoms with Crippen molar-refractivity contribution in [3.8, 4) is 0 Å². The van der Waals surface area contributed by atoms with Gasteiger partial charge in [-0.05, 0) is 37.6 Å². The fraction of sp³-hybridized carbons (Fsp3) is 1.00. The lowest BCUT2D eigenvalue weighted by atomic mass is 9.75. The van der Waals surface area contributed by atoms with Gasteiger partial charge < -0.3 is 5.32 Å². The molecule has 2 heterocycles. The number of hydrogen-bond donors (Lipinski definition) is 1. The van der Waals surface area contributed by atoms with Gasteiger partial charge >= 0.3 is 10.2 Å². The molecule has 3 rings (SSSR count). The molecule has 1 aliphatic carbocycles. The molecular weight excluding hydrogens is 193 g/mol. The summed E-state index contributed by atoms with van der Waals surface area (Å²) in [5.41, 5.74) is 0. The Bertz CT molecular complexity index is 283. The molecule has 1 saturated carbocycles. The van der Waals surface area contributed by atoms with Crippen molar-refractivity contribution in [2.24, 2.45) is 11.8 Å². The van der Waals surface area contributed by atoms with Crippen LogP contribution in [0.5, 0.6) is 0 Å². The molecule has 0 aromatic heterocycles. The smallest absolute Gasteiger partial charge is 0.302 e. The van der Waals surface area contributed by atoms with Gasteiger partial charge in [0.25, 0.3) is 0 Å². The van der Waals surface area contributed by atoms with Crippen LogP contribution in [0.3, 0.4) is 0 Å². The maximum atomic E-state index is 12.4. The Balaban J connectivity index is 2.01. The van der Waals surface area contributed by atoms with Gasteiger partial charge in [-0.3, -0.25) is 0 Å². The molecule has 0 amide bonds. The van der Waals surface area contributed by atoms with E-state index in [1.54, 1.807) is 0 Å². The van der Waals surface area contributed by atoms with Crippen LogP contribution in [0.4, 0.5) is 3.89 Å². The number of rotatable bonds is 2. The first-order chi connectivity index (χ1) is 6.04. The van der Waals surface area contributed by atoms with E-state index < -0.39 is 10.2 Å². The summed E-state index contributed by atoms with van der Waals surface area (Å²) in [6, 6.07) is 0.232. The lowest BCUT2D eigenvalue weighted by Gasteiger charge is -2.42. The van der Waals surface area contributed by atoms with Gasteiger partial charge in [-0.1, -0.05) is 0 Å². The van der Waals surface area contributed by atoms with Crippen LogP contribution in [-0.4, -0.2) is 26.8 Å². The summed E-state index contributed by atoms with van der Waals surface area (Å²) < 4.78 is 33.4. The predicted molar refractivity (Wildman–Crippen MR) is 47.5 cm³/mol. The van der Waals surface area contributed by atoms with E-state index in [1.165, 1.54) is 6.42 Å². The topological polar surface area (TPSA) is 46.2 Å². The molecule has 0 aromatic rings. The first-order valence-electron chi connectivity index (χ1n) is 4.70. The molecule has 76 valence electrons. The van der Waals surface area contributed by atoms with E-state index in [4.69, 9.17) is 0 Å². The summed E-state index contributed by atoms with van der Waals surface area (Å²) in [4.78, 5) is 0. The summed E-state index contributed by atoms with van der Waals surface area (Å²) in [6.07, 6.45) is 3.05. The first kappa shape index (κ1) is 9.40. The molecule has 3 unspecified atom stereocenters. The van der Waals surface area contributed by atoms with Gasteiger partial charge in [0.05, 0.1) is 5.75 Å². The Hall–Kier alpha value is -0.160. The predicted octanol–water partition coefficient (Wildman–Crippen LogP) is 0.674. The second kappa shape index (κ2) is 3.20. The van der Waals surface area contributed by atoms with Crippen LogP contribution in [0.1, 0.15) is 19.3 Å². The molecule has 2 aliphatic heterocycles. The number of halogens is 1. The van der Waals surface area contributed by atoms with Crippen LogP contribution in [0, 0.1) is 11.8 Å². The van der Waals surface area contributed by atoms with Gasteiger partial charge in [0.1, 0.15) is 0 Å². The minimum atomic E-state index is -4.29. The summed E-state index contributed by atoms with van der Waals surface area (Å²) in [7, 11) is -4.29. The summed E-state index contributed by atoms with van der Waals surface area (Å²) in [5, 5.41) is 3.26. The molecule has 3 aliphatic rings. The molecule has 3 fully saturated rings. The van der Waals surface area contributed by atoms with Crippen molar-refractivity contribution in [1.29, 1.82) is 0 Å². The van der Waals surface area contributed by atoms with Crippen LogP contribution in [-0.2, 0) is 10.2 Å². The van der Waals surface area contributed by atoms with Gasteiger partial charge in [0.2, 0.25) is 0 Å². The Morgan fingerprint density at radius 2 is 2.15 bits per heavy atom. The van der Waals surface area contributed by atoms with E-state index in [2.05, 4.69) is 5.32 Å². The van der Waals surface area contributed by atoms with Gasteiger partial charge in [0, 0.05) is 6.04 Å². The molecule has 5 heteroatoms. The van der Waals surface area contributed by atoms with Crippen LogP contribution in [0.2, 0.25) is 0 Å². The number of piperidine rings is 2. The monoisotopic (exact) mass is 207 g/mol. The molecule has 2 saturated heterocycles. The average Bonchev–Trinajstić information content (AvgIpc) is 2.03. The van der Waals surface area contributed by atoms with Crippen LogP contribution >= 0.6 is 0 Å². The molecule has 0 aromatic carbocycles. The quantitative estimate of drug-likeness (QED) is 0.677. The highest BCUT2D eigenvalue weighted by atomic mass is 32.3. The summed E-state index contributed by atoms with van der Waals surface area (Å²) in [5.74, 6) is 0.278. The van der Waals surface area contributed by atoms with Crippen molar-refractivity contribution < 1.29 is 12.3 Å². The van der Waals surface area contributed by atoms with Crippen molar-refractivity contribution in [2.45, 2.75) is 25.3 Å². The van der Waals surface area contributed by atoms with E-state index in [0.29, 0.717) is 5.92 Å². The van der Waals surface area contributed by atoms with Gasteiger partial charge in [0.15, 0.2) is 0 Å². The highest BCUT2D eigenvalue weighted by Crippen LogP contribution is 2.34. The zero-order valence-corrected chi connectivity index (χ0v) is 8.19.